The van der Waals surface area contributed by atoms with Gasteiger partial charge in [0.2, 0.25) is 0 Å². The van der Waals surface area contributed by atoms with E-state index in [-0.39, 0.29) is 22.8 Å². The molecule has 3 rings (SSSR count). The van der Waals surface area contributed by atoms with Crippen LogP contribution in [0, 0.1) is 0 Å². The van der Waals surface area contributed by atoms with Gasteiger partial charge in [-0.25, -0.2) is 9.59 Å². The van der Waals surface area contributed by atoms with Gasteiger partial charge in [-0.2, -0.15) is 0 Å². The number of furan rings is 1. The molecule has 1 aromatic carbocycles. The van der Waals surface area contributed by atoms with Crippen molar-refractivity contribution in [1.82, 2.24) is 4.90 Å². The summed E-state index contributed by atoms with van der Waals surface area (Å²) >= 11 is 0.690. The first-order valence-corrected chi connectivity index (χ1v) is 9.51. The largest absolute Gasteiger partial charge is 0.478 e. The Bertz CT molecular complexity index is 1020. The van der Waals surface area contributed by atoms with Crippen molar-refractivity contribution >= 4 is 40.9 Å². The SMILES string of the molecule is CCOC(=O)[C@H](C)N1C(=O)SC(=Cc2ccc(-c3ccccc3C(=O)O)o2)C1=O. The Kier molecular flexibility index (Phi) is 5.88. The minimum absolute atomic E-state index is 0.0805. The van der Waals surface area contributed by atoms with Crippen molar-refractivity contribution in [1.29, 1.82) is 0 Å². The number of benzene rings is 1. The van der Waals surface area contributed by atoms with Crippen molar-refractivity contribution < 1.29 is 33.4 Å². The average Bonchev–Trinajstić information content (AvgIpc) is 3.26. The maximum atomic E-state index is 12.6. The first-order chi connectivity index (χ1) is 13.8. The molecule has 9 heteroatoms. The van der Waals surface area contributed by atoms with Crippen LogP contribution in [0.5, 0.6) is 0 Å². The summed E-state index contributed by atoms with van der Waals surface area (Å²) in [6.07, 6.45) is 1.38. The Labute approximate surface area is 170 Å². The Morgan fingerprint density at radius 2 is 1.97 bits per heavy atom. The van der Waals surface area contributed by atoms with Gasteiger partial charge in [-0.3, -0.25) is 14.5 Å². The molecule has 0 unspecified atom stereocenters. The highest BCUT2D eigenvalue weighted by atomic mass is 32.2. The Morgan fingerprint density at radius 1 is 1.24 bits per heavy atom. The molecule has 0 aliphatic carbocycles. The van der Waals surface area contributed by atoms with E-state index in [0.29, 0.717) is 23.1 Å². The van der Waals surface area contributed by atoms with Gasteiger partial charge >= 0.3 is 11.9 Å². The number of esters is 1. The van der Waals surface area contributed by atoms with Crippen LogP contribution in [0.25, 0.3) is 17.4 Å². The fourth-order valence-electron chi connectivity index (χ4n) is 2.77. The van der Waals surface area contributed by atoms with Crippen LogP contribution >= 0.6 is 11.8 Å². The summed E-state index contributed by atoms with van der Waals surface area (Å²) in [4.78, 5) is 49.0. The smallest absolute Gasteiger partial charge is 0.336 e. The van der Waals surface area contributed by atoms with Gasteiger partial charge in [-0.15, -0.1) is 0 Å². The van der Waals surface area contributed by atoms with Crippen LogP contribution in [0.4, 0.5) is 4.79 Å². The Morgan fingerprint density at radius 3 is 2.66 bits per heavy atom. The van der Waals surface area contributed by atoms with E-state index in [1.54, 1.807) is 37.3 Å². The number of ether oxygens (including phenoxy) is 1. The second kappa shape index (κ2) is 8.36. The number of aromatic carboxylic acids is 1. The maximum Gasteiger partial charge on any atom is 0.336 e. The molecule has 0 radical (unpaired) electrons. The molecule has 8 nitrogen and oxygen atoms in total. The molecule has 1 fully saturated rings. The van der Waals surface area contributed by atoms with Gasteiger partial charge in [-0.05, 0) is 43.8 Å². The summed E-state index contributed by atoms with van der Waals surface area (Å²) in [6, 6.07) is 8.48. The van der Waals surface area contributed by atoms with Crippen LogP contribution in [-0.2, 0) is 14.3 Å². The van der Waals surface area contributed by atoms with Crippen molar-refractivity contribution in [2.75, 3.05) is 6.61 Å². The molecule has 1 aliphatic heterocycles. The first kappa shape index (κ1) is 20.4. The van der Waals surface area contributed by atoms with E-state index in [1.165, 1.54) is 19.1 Å². The molecule has 1 aromatic heterocycles. The molecular weight excluding hydrogens is 398 g/mol. The lowest BCUT2D eigenvalue weighted by Crippen LogP contribution is -2.42. The van der Waals surface area contributed by atoms with E-state index in [0.717, 1.165) is 4.90 Å². The lowest BCUT2D eigenvalue weighted by Gasteiger charge is -2.19. The molecule has 150 valence electrons. The third-order valence-corrected chi connectivity index (χ3v) is 5.05. The van der Waals surface area contributed by atoms with Gasteiger partial charge in [0.25, 0.3) is 11.1 Å². The number of carboxylic acid groups (broad SMARTS) is 1. The van der Waals surface area contributed by atoms with Crippen molar-refractivity contribution in [3.8, 4) is 11.3 Å². The molecule has 0 saturated carbocycles. The topological polar surface area (TPSA) is 114 Å². The number of rotatable bonds is 6. The molecule has 2 aromatic rings. The third kappa shape index (κ3) is 4.09. The van der Waals surface area contributed by atoms with Crippen molar-refractivity contribution in [3.05, 3.63) is 52.6 Å². The van der Waals surface area contributed by atoms with E-state index in [9.17, 15) is 24.3 Å². The van der Waals surface area contributed by atoms with Gasteiger partial charge in [0.15, 0.2) is 0 Å². The zero-order valence-corrected chi connectivity index (χ0v) is 16.4. The second-order valence-corrected chi connectivity index (χ2v) is 7.03. The molecular formula is C20H17NO7S. The quantitative estimate of drug-likeness (QED) is 0.562. The predicted octanol–water partition coefficient (Wildman–Crippen LogP) is 3.63. The average molecular weight is 415 g/mol. The van der Waals surface area contributed by atoms with E-state index < -0.39 is 29.1 Å². The van der Waals surface area contributed by atoms with Crippen molar-refractivity contribution in [3.63, 3.8) is 0 Å². The third-order valence-electron chi connectivity index (χ3n) is 4.16. The molecule has 1 N–H and O–H groups in total. The second-order valence-electron chi connectivity index (χ2n) is 6.03. The summed E-state index contributed by atoms with van der Waals surface area (Å²) < 4.78 is 10.5. The van der Waals surface area contributed by atoms with Crippen molar-refractivity contribution in [2.45, 2.75) is 19.9 Å². The molecule has 0 spiro atoms. The van der Waals surface area contributed by atoms with E-state index in [4.69, 9.17) is 9.15 Å². The Balaban J connectivity index is 1.86. The number of hydrogen-bond acceptors (Lipinski definition) is 7. The van der Waals surface area contributed by atoms with Crippen LogP contribution in [0.15, 0.2) is 45.7 Å². The highest BCUT2D eigenvalue weighted by molar-refractivity contribution is 8.18. The number of carboxylic acids is 1. The first-order valence-electron chi connectivity index (χ1n) is 8.69. The van der Waals surface area contributed by atoms with Crippen LogP contribution in [0.3, 0.4) is 0 Å². The molecule has 29 heavy (non-hydrogen) atoms. The molecule has 1 aliphatic rings. The van der Waals surface area contributed by atoms with Crippen LogP contribution in [0.2, 0.25) is 0 Å². The van der Waals surface area contributed by atoms with Crippen molar-refractivity contribution in [2.24, 2.45) is 0 Å². The molecule has 0 bridgehead atoms. The number of amides is 2. The standard InChI is InChI=1S/C20H17NO7S/c1-3-27-19(25)11(2)21-17(22)16(29-20(21)26)10-12-8-9-15(28-12)13-6-4-5-7-14(13)18(23)24/h4-11H,3H2,1-2H3,(H,23,24)/t11-/m0/s1. The zero-order valence-electron chi connectivity index (χ0n) is 15.6. The van der Waals surface area contributed by atoms with Gasteiger partial charge in [-0.1, -0.05) is 18.2 Å². The summed E-state index contributed by atoms with van der Waals surface area (Å²) in [7, 11) is 0. The molecule has 1 atom stereocenters. The minimum atomic E-state index is -1.09. The summed E-state index contributed by atoms with van der Waals surface area (Å²) in [5, 5.41) is 8.73. The van der Waals surface area contributed by atoms with Gasteiger partial charge in [0.1, 0.15) is 17.6 Å². The zero-order chi connectivity index (χ0) is 21.1. The minimum Gasteiger partial charge on any atom is -0.478 e. The lowest BCUT2D eigenvalue weighted by atomic mass is 10.1. The van der Waals surface area contributed by atoms with Gasteiger partial charge < -0.3 is 14.3 Å². The number of nitrogens with zero attached hydrogens (tertiary/aromatic N) is 1. The predicted molar refractivity (Wildman–Crippen MR) is 105 cm³/mol. The van der Waals surface area contributed by atoms with Crippen LogP contribution in [0.1, 0.15) is 30.0 Å². The monoisotopic (exact) mass is 415 g/mol. The molecule has 1 saturated heterocycles. The van der Waals surface area contributed by atoms with E-state index >= 15 is 0 Å². The number of carbonyl (C=O) groups is 4. The molecule has 2 amide bonds. The lowest BCUT2D eigenvalue weighted by molar-refractivity contribution is -0.150. The van der Waals surface area contributed by atoms with Gasteiger partial charge in [0.05, 0.1) is 17.1 Å². The summed E-state index contributed by atoms with van der Waals surface area (Å²) in [6.45, 7) is 3.20. The number of imide groups is 1. The summed E-state index contributed by atoms with van der Waals surface area (Å²) in [5.74, 6) is -1.79. The fourth-order valence-corrected chi connectivity index (χ4v) is 3.66. The van der Waals surface area contributed by atoms with E-state index in [2.05, 4.69) is 0 Å². The fraction of sp³-hybridized carbons (Fsp3) is 0.200. The highest BCUT2D eigenvalue weighted by Crippen LogP contribution is 2.35. The number of hydrogen-bond donors (Lipinski definition) is 1. The van der Waals surface area contributed by atoms with Gasteiger partial charge in [0, 0.05) is 11.6 Å². The normalized spacial score (nSPS) is 16.3. The maximum absolute atomic E-state index is 12.6. The van der Waals surface area contributed by atoms with Crippen LogP contribution < -0.4 is 0 Å². The number of carbonyl (C=O) groups excluding carboxylic acids is 3. The summed E-state index contributed by atoms with van der Waals surface area (Å²) in [5.41, 5.74) is 0.473. The highest BCUT2D eigenvalue weighted by Gasteiger charge is 2.41. The number of thioether (sulfide) groups is 1. The van der Waals surface area contributed by atoms with E-state index in [1.807, 2.05) is 0 Å². The Hall–Kier alpha value is -3.33. The van der Waals surface area contributed by atoms with Crippen LogP contribution in [-0.4, -0.2) is 45.7 Å². The molecule has 2 heterocycles.